The van der Waals surface area contributed by atoms with E-state index in [4.69, 9.17) is 0 Å². The van der Waals surface area contributed by atoms with E-state index in [0.29, 0.717) is 17.6 Å². The number of aromatic hydroxyl groups is 1. The summed E-state index contributed by atoms with van der Waals surface area (Å²) in [6, 6.07) is 4.66. The minimum absolute atomic E-state index is 0.580. The highest BCUT2D eigenvalue weighted by Crippen LogP contribution is 2.29. The molecule has 0 unspecified atom stereocenters. The van der Waals surface area contributed by atoms with Gasteiger partial charge in [0.15, 0.2) is 0 Å². The van der Waals surface area contributed by atoms with Crippen LogP contribution in [-0.2, 0) is 19.4 Å². The molecule has 0 atom stereocenters. The van der Waals surface area contributed by atoms with Gasteiger partial charge in [0, 0.05) is 25.2 Å². The smallest absolute Gasteiger partial charge is 0.123 e. The van der Waals surface area contributed by atoms with Crippen LogP contribution in [0.4, 0.5) is 0 Å². The molecule has 1 rings (SSSR count). The molecule has 1 N–H and O–H groups in total. The van der Waals surface area contributed by atoms with Gasteiger partial charge in [0.2, 0.25) is 0 Å². The molecule has 0 spiro atoms. The average Bonchev–Trinajstić information content (AvgIpc) is 2.79. The number of nitrogens with zero attached hydrogens (tertiary/aromatic N) is 1. The zero-order chi connectivity index (χ0) is 25.9. The number of benzene rings is 1. The van der Waals surface area contributed by atoms with Crippen molar-refractivity contribution >= 4 is 0 Å². The topological polar surface area (TPSA) is 23.5 Å². The molecular weight excluding hydrogens is 426 g/mol. The van der Waals surface area contributed by atoms with E-state index in [1.807, 2.05) is 0 Å². The highest BCUT2D eigenvalue weighted by molar-refractivity contribution is 5.44. The van der Waals surface area contributed by atoms with Crippen LogP contribution in [0.15, 0.2) is 12.1 Å². The zero-order valence-corrected chi connectivity index (χ0v) is 24.6. The SMILES string of the molecule is CCCCCCCCCc1cc(CCCCCCCCC)c(O)c(CN(CC(C)C)CC(C)C)c1. The minimum atomic E-state index is 0.580. The summed E-state index contributed by atoms with van der Waals surface area (Å²) in [5.41, 5.74) is 3.80. The maximum absolute atomic E-state index is 11.3. The second kappa shape index (κ2) is 20.1. The Morgan fingerprint density at radius 1 is 0.600 bits per heavy atom. The Labute approximate surface area is 220 Å². The maximum Gasteiger partial charge on any atom is 0.123 e. The van der Waals surface area contributed by atoms with Crippen molar-refractivity contribution in [3.8, 4) is 5.75 Å². The third-order valence-electron chi connectivity index (χ3n) is 7.09. The highest BCUT2D eigenvalue weighted by atomic mass is 16.3. The summed E-state index contributed by atoms with van der Waals surface area (Å²) in [6.45, 7) is 16.8. The van der Waals surface area contributed by atoms with Crippen molar-refractivity contribution in [2.45, 2.75) is 151 Å². The monoisotopic (exact) mass is 487 g/mol. The molecule has 2 heteroatoms. The quantitative estimate of drug-likeness (QED) is 0.164. The maximum atomic E-state index is 11.3. The summed E-state index contributed by atoms with van der Waals surface area (Å²) < 4.78 is 0. The molecular formula is C33H61NO. The molecule has 0 heterocycles. The van der Waals surface area contributed by atoms with E-state index in [1.54, 1.807) is 0 Å². The van der Waals surface area contributed by atoms with Crippen molar-refractivity contribution in [1.29, 1.82) is 0 Å². The van der Waals surface area contributed by atoms with Crippen LogP contribution in [0.5, 0.6) is 5.75 Å². The predicted molar refractivity (Wildman–Crippen MR) is 156 cm³/mol. The Morgan fingerprint density at radius 3 is 1.51 bits per heavy atom. The molecule has 0 radical (unpaired) electrons. The lowest BCUT2D eigenvalue weighted by Crippen LogP contribution is -2.31. The van der Waals surface area contributed by atoms with E-state index in [1.165, 1.54) is 101 Å². The number of aryl methyl sites for hydroxylation is 2. The van der Waals surface area contributed by atoms with Crippen molar-refractivity contribution in [3.05, 3.63) is 28.8 Å². The van der Waals surface area contributed by atoms with E-state index < -0.39 is 0 Å². The Bertz CT molecular complexity index is 626. The van der Waals surface area contributed by atoms with Gasteiger partial charge in [0.05, 0.1) is 0 Å². The lowest BCUT2D eigenvalue weighted by Gasteiger charge is -2.27. The van der Waals surface area contributed by atoms with Crippen LogP contribution in [0.1, 0.15) is 148 Å². The molecule has 1 aromatic carbocycles. The second-order valence-electron chi connectivity index (χ2n) is 12.0. The molecule has 0 fully saturated rings. The summed E-state index contributed by atoms with van der Waals surface area (Å²) >= 11 is 0. The third-order valence-corrected chi connectivity index (χ3v) is 7.09. The fourth-order valence-electron chi connectivity index (χ4n) is 5.32. The van der Waals surface area contributed by atoms with Crippen molar-refractivity contribution in [1.82, 2.24) is 4.90 Å². The largest absolute Gasteiger partial charge is 0.507 e. The molecule has 0 aliphatic rings. The first-order chi connectivity index (χ1) is 16.9. The van der Waals surface area contributed by atoms with Gasteiger partial charge in [0.1, 0.15) is 5.75 Å². The van der Waals surface area contributed by atoms with Crippen molar-refractivity contribution in [2.24, 2.45) is 11.8 Å². The first-order valence-electron chi connectivity index (χ1n) is 15.4. The van der Waals surface area contributed by atoms with E-state index >= 15 is 0 Å². The predicted octanol–water partition coefficient (Wildman–Crippen LogP) is 10.1. The van der Waals surface area contributed by atoms with Crippen LogP contribution in [0, 0.1) is 11.8 Å². The van der Waals surface area contributed by atoms with E-state index in [9.17, 15) is 5.11 Å². The van der Waals surface area contributed by atoms with Gasteiger partial charge in [-0.3, -0.25) is 4.90 Å². The lowest BCUT2D eigenvalue weighted by molar-refractivity contribution is 0.209. The summed E-state index contributed by atoms with van der Waals surface area (Å²) in [5, 5.41) is 11.3. The van der Waals surface area contributed by atoms with Crippen molar-refractivity contribution in [2.75, 3.05) is 13.1 Å². The molecule has 0 saturated carbocycles. The van der Waals surface area contributed by atoms with Gasteiger partial charge >= 0.3 is 0 Å². The number of phenolic OH excluding ortho intramolecular Hbond substituents is 1. The Morgan fingerprint density at radius 2 is 1.03 bits per heavy atom. The van der Waals surface area contributed by atoms with Crippen LogP contribution in [0.2, 0.25) is 0 Å². The summed E-state index contributed by atoms with van der Waals surface area (Å²) in [5.74, 6) is 1.86. The highest BCUT2D eigenvalue weighted by Gasteiger charge is 2.16. The Hall–Kier alpha value is -1.02. The molecule has 35 heavy (non-hydrogen) atoms. The van der Waals surface area contributed by atoms with E-state index in [-0.39, 0.29) is 0 Å². The summed E-state index contributed by atoms with van der Waals surface area (Å²) in [7, 11) is 0. The third kappa shape index (κ3) is 15.6. The number of rotatable bonds is 22. The van der Waals surface area contributed by atoms with Crippen LogP contribution in [0.25, 0.3) is 0 Å². The van der Waals surface area contributed by atoms with Gasteiger partial charge in [-0.25, -0.2) is 0 Å². The molecule has 0 aliphatic carbocycles. The Kier molecular flexibility index (Phi) is 18.4. The molecule has 2 nitrogen and oxygen atoms in total. The second-order valence-corrected chi connectivity index (χ2v) is 12.0. The first-order valence-corrected chi connectivity index (χ1v) is 15.4. The van der Waals surface area contributed by atoms with Gasteiger partial charge in [-0.15, -0.1) is 0 Å². The lowest BCUT2D eigenvalue weighted by atomic mass is 9.95. The molecule has 0 amide bonds. The van der Waals surface area contributed by atoms with E-state index in [0.717, 1.165) is 38.0 Å². The van der Waals surface area contributed by atoms with E-state index in [2.05, 4.69) is 58.6 Å². The number of hydrogen-bond donors (Lipinski definition) is 1. The minimum Gasteiger partial charge on any atom is -0.507 e. The summed E-state index contributed by atoms with van der Waals surface area (Å²) in [6.07, 6.45) is 20.9. The van der Waals surface area contributed by atoms with Gasteiger partial charge in [-0.1, -0.05) is 131 Å². The zero-order valence-electron chi connectivity index (χ0n) is 24.6. The van der Waals surface area contributed by atoms with Gasteiger partial charge in [0.25, 0.3) is 0 Å². The van der Waals surface area contributed by atoms with Crippen LogP contribution in [0.3, 0.4) is 0 Å². The molecule has 0 aromatic heterocycles. The molecule has 1 aromatic rings. The molecule has 0 aliphatic heterocycles. The number of phenols is 1. The van der Waals surface area contributed by atoms with Gasteiger partial charge < -0.3 is 5.11 Å². The molecule has 204 valence electrons. The Balaban J connectivity index is 2.83. The van der Waals surface area contributed by atoms with Gasteiger partial charge in [-0.2, -0.15) is 0 Å². The van der Waals surface area contributed by atoms with Crippen molar-refractivity contribution < 1.29 is 5.11 Å². The number of unbranched alkanes of at least 4 members (excludes halogenated alkanes) is 12. The fourth-order valence-corrected chi connectivity index (χ4v) is 5.32. The normalized spacial score (nSPS) is 11.9. The van der Waals surface area contributed by atoms with Crippen LogP contribution >= 0.6 is 0 Å². The first kappa shape index (κ1) is 32.0. The average molecular weight is 488 g/mol. The summed E-state index contributed by atoms with van der Waals surface area (Å²) in [4.78, 5) is 2.55. The number of hydrogen-bond acceptors (Lipinski definition) is 2. The standard InChI is InChI=1S/C33H61NO/c1-7-9-11-13-15-17-19-21-30-23-31(22-20-18-16-14-12-10-8-2)33(35)32(24-30)27-34(25-28(3)4)26-29(5)6/h23-24,28-29,35H,7-22,25-27H2,1-6H3. The fraction of sp³-hybridized carbons (Fsp3) is 0.818. The van der Waals surface area contributed by atoms with Crippen LogP contribution < -0.4 is 0 Å². The molecule has 0 saturated heterocycles. The van der Waals surface area contributed by atoms with Gasteiger partial charge in [-0.05, 0) is 48.6 Å². The van der Waals surface area contributed by atoms with Crippen molar-refractivity contribution in [3.63, 3.8) is 0 Å². The van der Waals surface area contributed by atoms with Crippen LogP contribution in [-0.4, -0.2) is 23.1 Å². The molecule has 0 bridgehead atoms.